The maximum absolute atomic E-state index is 13.3. The van der Waals surface area contributed by atoms with Crippen molar-refractivity contribution in [2.45, 2.75) is 70.2 Å². The second-order valence-corrected chi connectivity index (χ2v) is 12.9. The number of carbonyl (C=O) groups excluding carboxylic acids is 2. The number of fused-ring (bicyclic) bond motifs is 1. The Labute approximate surface area is 203 Å². The van der Waals surface area contributed by atoms with Gasteiger partial charge in [0.05, 0.1) is 17.8 Å². The summed E-state index contributed by atoms with van der Waals surface area (Å²) in [6, 6.07) is -0.0647. The minimum absolute atomic E-state index is 0.0187. The smallest absolute Gasteiger partial charge is 0.410 e. The summed E-state index contributed by atoms with van der Waals surface area (Å²) >= 11 is 0. The minimum Gasteiger partial charge on any atom is -0.445 e. The molecule has 0 radical (unpaired) electrons. The molecule has 0 bridgehead atoms. The van der Waals surface area contributed by atoms with Gasteiger partial charge in [0.1, 0.15) is 15.9 Å². The number of nitrogens with one attached hydrogen (secondary N) is 2. The molecule has 4 aliphatic rings. The molecule has 0 aromatic rings. The maximum Gasteiger partial charge on any atom is 0.410 e. The second-order valence-electron chi connectivity index (χ2n) is 10.7. The summed E-state index contributed by atoms with van der Waals surface area (Å²) in [5.74, 6) is 1.01. The first kappa shape index (κ1) is 25.7. The summed E-state index contributed by atoms with van der Waals surface area (Å²) < 4.78 is 29.0. The van der Waals surface area contributed by atoms with Crippen LogP contribution in [0.15, 0.2) is 0 Å². The second kappa shape index (κ2) is 10.7. The number of hydrazine groups is 1. The topological polar surface area (TPSA) is 111 Å². The highest BCUT2D eigenvalue weighted by Crippen LogP contribution is 2.39. The number of ether oxygens (including phenoxy) is 1. The third kappa shape index (κ3) is 6.03. The predicted molar refractivity (Wildman–Crippen MR) is 129 cm³/mol. The molecule has 0 spiro atoms. The fourth-order valence-electron chi connectivity index (χ4n) is 6.39. The lowest BCUT2D eigenvalue weighted by atomic mass is 9.73. The van der Waals surface area contributed by atoms with E-state index in [9.17, 15) is 18.0 Å². The molecule has 34 heavy (non-hydrogen) atoms. The van der Waals surface area contributed by atoms with Crippen LogP contribution in [0.1, 0.15) is 46.0 Å². The first-order valence-corrected chi connectivity index (χ1v) is 14.8. The molecule has 6 atom stereocenters. The van der Waals surface area contributed by atoms with Crippen LogP contribution in [0.4, 0.5) is 4.79 Å². The molecule has 2 N–H and O–H groups in total. The van der Waals surface area contributed by atoms with E-state index >= 15 is 0 Å². The van der Waals surface area contributed by atoms with Crippen molar-refractivity contribution < 1.29 is 22.7 Å². The van der Waals surface area contributed by atoms with Crippen LogP contribution in [0.25, 0.3) is 0 Å². The molecule has 3 aliphatic heterocycles. The van der Waals surface area contributed by atoms with E-state index in [0.717, 1.165) is 51.7 Å². The molecule has 3 saturated heterocycles. The average molecular weight is 500 g/mol. The van der Waals surface area contributed by atoms with Crippen molar-refractivity contribution in [3.8, 4) is 0 Å². The van der Waals surface area contributed by atoms with Gasteiger partial charge in [0.2, 0.25) is 5.91 Å². The SMILES string of the molecule is CC(=O)N1C(C)CN(C(=O)OC2CCCNC2)C2CC(C3CNN(CCS(C)(=O)=O)C3)CCC21. The number of carbonyl (C=O) groups is 2. The number of piperazine rings is 1. The normalized spacial score (nSPS) is 35.1. The first-order chi connectivity index (χ1) is 16.1. The Morgan fingerprint density at radius 1 is 1.06 bits per heavy atom. The van der Waals surface area contributed by atoms with Gasteiger partial charge in [0, 0.05) is 51.9 Å². The third-order valence-corrected chi connectivity index (χ3v) is 8.99. The number of nitrogens with zero attached hydrogens (tertiary/aromatic N) is 3. The lowest BCUT2D eigenvalue weighted by Gasteiger charge is -2.54. The Bertz CT molecular complexity index is 849. The molecule has 11 heteroatoms. The highest BCUT2D eigenvalue weighted by Gasteiger charge is 2.48. The third-order valence-electron chi connectivity index (χ3n) is 8.06. The number of hydrogen-bond acceptors (Lipinski definition) is 8. The summed E-state index contributed by atoms with van der Waals surface area (Å²) in [7, 11) is -3.00. The van der Waals surface area contributed by atoms with Crippen molar-refractivity contribution in [3.63, 3.8) is 0 Å². The molecule has 4 fully saturated rings. The summed E-state index contributed by atoms with van der Waals surface area (Å²) in [5.41, 5.74) is 3.36. The molecule has 10 nitrogen and oxygen atoms in total. The van der Waals surface area contributed by atoms with Crippen molar-refractivity contribution in [1.29, 1.82) is 0 Å². The molecule has 1 aliphatic carbocycles. The van der Waals surface area contributed by atoms with Gasteiger partial charge >= 0.3 is 6.09 Å². The number of amides is 2. The van der Waals surface area contributed by atoms with Crippen LogP contribution in [-0.4, -0.2) is 111 Å². The van der Waals surface area contributed by atoms with Gasteiger partial charge in [-0.1, -0.05) is 0 Å². The van der Waals surface area contributed by atoms with Crippen LogP contribution in [0.5, 0.6) is 0 Å². The number of rotatable bonds is 5. The van der Waals surface area contributed by atoms with Crippen LogP contribution in [0.2, 0.25) is 0 Å². The average Bonchev–Trinajstić information content (AvgIpc) is 3.26. The maximum atomic E-state index is 13.3. The lowest BCUT2D eigenvalue weighted by molar-refractivity contribution is -0.142. The van der Waals surface area contributed by atoms with E-state index in [4.69, 9.17) is 4.74 Å². The highest BCUT2D eigenvalue weighted by molar-refractivity contribution is 7.90. The van der Waals surface area contributed by atoms with Crippen molar-refractivity contribution in [2.24, 2.45) is 11.8 Å². The van der Waals surface area contributed by atoms with Gasteiger partial charge in [-0.05, 0) is 57.4 Å². The summed E-state index contributed by atoms with van der Waals surface area (Å²) in [5, 5.41) is 5.32. The molecule has 1 saturated carbocycles. The van der Waals surface area contributed by atoms with Gasteiger partial charge in [-0.2, -0.15) is 0 Å². The Hall–Kier alpha value is -1.43. The summed E-state index contributed by atoms with van der Waals surface area (Å²) in [6.45, 7) is 7.91. The zero-order valence-corrected chi connectivity index (χ0v) is 21.6. The van der Waals surface area contributed by atoms with Crippen molar-refractivity contribution in [3.05, 3.63) is 0 Å². The molecular weight excluding hydrogens is 458 g/mol. The molecule has 194 valence electrons. The molecule has 3 heterocycles. The monoisotopic (exact) mass is 499 g/mol. The van der Waals surface area contributed by atoms with E-state index in [1.54, 1.807) is 6.92 Å². The van der Waals surface area contributed by atoms with E-state index in [1.807, 2.05) is 21.7 Å². The number of piperidine rings is 1. The summed E-state index contributed by atoms with van der Waals surface area (Å²) in [6.07, 6.45) is 5.52. The highest BCUT2D eigenvalue weighted by atomic mass is 32.2. The minimum atomic E-state index is -3.00. The Morgan fingerprint density at radius 2 is 1.85 bits per heavy atom. The van der Waals surface area contributed by atoms with Crippen LogP contribution < -0.4 is 10.7 Å². The fourth-order valence-corrected chi connectivity index (χ4v) is 6.94. The van der Waals surface area contributed by atoms with Crippen LogP contribution in [-0.2, 0) is 19.4 Å². The van der Waals surface area contributed by atoms with Gasteiger partial charge in [-0.3, -0.25) is 10.2 Å². The van der Waals surface area contributed by atoms with Gasteiger partial charge in [-0.25, -0.2) is 18.2 Å². The standard InChI is InChI=1S/C23H41N5O5S/c1-16-14-27(23(30)33-20-5-4-8-24-13-20)22-11-18(6-7-21(22)28(16)17(2)29)19-12-25-26(15-19)9-10-34(3,31)32/h16,18-22,24-25H,4-15H2,1-3H3. The molecule has 2 amide bonds. The first-order valence-electron chi connectivity index (χ1n) is 12.8. The molecule has 0 aromatic heterocycles. The molecule has 4 rings (SSSR count). The Balaban J connectivity index is 1.43. The Morgan fingerprint density at radius 3 is 2.53 bits per heavy atom. The number of hydrogen-bond donors (Lipinski definition) is 2. The van der Waals surface area contributed by atoms with E-state index in [0.29, 0.717) is 31.5 Å². The zero-order chi connectivity index (χ0) is 24.5. The zero-order valence-electron chi connectivity index (χ0n) is 20.7. The van der Waals surface area contributed by atoms with Crippen molar-refractivity contribution >= 4 is 21.8 Å². The molecular formula is C23H41N5O5S. The van der Waals surface area contributed by atoms with Crippen LogP contribution >= 0.6 is 0 Å². The van der Waals surface area contributed by atoms with Gasteiger partial charge in [0.25, 0.3) is 0 Å². The number of sulfone groups is 1. The molecule has 0 aromatic carbocycles. The largest absolute Gasteiger partial charge is 0.445 e. The van der Waals surface area contributed by atoms with Crippen molar-refractivity contribution in [1.82, 2.24) is 25.6 Å². The van der Waals surface area contributed by atoms with Gasteiger partial charge in [-0.15, -0.1) is 0 Å². The summed E-state index contributed by atoms with van der Waals surface area (Å²) in [4.78, 5) is 29.7. The predicted octanol–water partition coefficient (Wildman–Crippen LogP) is 0.446. The van der Waals surface area contributed by atoms with Crippen molar-refractivity contribution in [2.75, 3.05) is 51.3 Å². The quantitative estimate of drug-likeness (QED) is 0.561. The van der Waals surface area contributed by atoms with E-state index in [1.165, 1.54) is 6.26 Å². The van der Waals surface area contributed by atoms with E-state index < -0.39 is 9.84 Å². The van der Waals surface area contributed by atoms with E-state index in [2.05, 4.69) is 10.7 Å². The Kier molecular flexibility index (Phi) is 8.06. The fraction of sp³-hybridized carbons (Fsp3) is 0.913. The molecule has 6 unspecified atom stereocenters. The van der Waals surface area contributed by atoms with Crippen LogP contribution in [0.3, 0.4) is 0 Å². The van der Waals surface area contributed by atoms with Crippen LogP contribution in [0, 0.1) is 11.8 Å². The van der Waals surface area contributed by atoms with Gasteiger partial charge in [0.15, 0.2) is 0 Å². The lowest BCUT2D eigenvalue weighted by Crippen LogP contribution is -2.67. The van der Waals surface area contributed by atoms with Gasteiger partial charge < -0.3 is 19.9 Å². The van der Waals surface area contributed by atoms with E-state index in [-0.39, 0.29) is 42.0 Å².